The minimum absolute atomic E-state index is 0.104. The summed E-state index contributed by atoms with van der Waals surface area (Å²) in [5.74, 6) is 0.270. The first-order valence-corrected chi connectivity index (χ1v) is 9.23. The number of alkyl halides is 3. The molecule has 0 aliphatic carbocycles. The first-order chi connectivity index (χ1) is 13.7. The molecule has 29 heavy (non-hydrogen) atoms. The number of hydrogen-bond acceptors (Lipinski definition) is 4. The Kier molecular flexibility index (Phi) is 6.32. The van der Waals surface area contributed by atoms with Crippen LogP contribution in [0.15, 0.2) is 54.6 Å². The monoisotopic (exact) mass is 409 g/mol. The smallest absolute Gasteiger partial charge is 0.416 e. The number of ether oxygens (including phenoxy) is 2. The molecular formula is C21H22F3NO4. The van der Waals surface area contributed by atoms with Crippen LogP contribution in [0.2, 0.25) is 0 Å². The topological polar surface area (TPSA) is 59.0 Å². The van der Waals surface area contributed by atoms with Gasteiger partial charge >= 0.3 is 12.3 Å². The molecule has 1 unspecified atom stereocenters. The van der Waals surface area contributed by atoms with E-state index >= 15 is 0 Å². The largest absolute Gasteiger partial charge is 0.489 e. The number of hydrogen-bond donors (Lipinski definition) is 1. The van der Waals surface area contributed by atoms with Crippen molar-refractivity contribution in [3.63, 3.8) is 0 Å². The molecule has 1 heterocycles. The van der Waals surface area contributed by atoms with Gasteiger partial charge in [-0.2, -0.15) is 13.2 Å². The lowest BCUT2D eigenvalue weighted by atomic mass is 10.1. The summed E-state index contributed by atoms with van der Waals surface area (Å²) in [5, 5.41) is 10.0. The Bertz CT molecular complexity index is 809. The highest BCUT2D eigenvalue weighted by molar-refractivity contribution is 5.68. The zero-order valence-electron chi connectivity index (χ0n) is 15.8. The van der Waals surface area contributed by atoms with Crippen LogP contribution in [-0.2, 0) is 17.5 Å². The molecule has 1 aliphatic rings. The molecule has 1 amide bonds. The quantitative estimate of drug-likeness (QED) is 0.802. The number of benzene rings is 2. The molecule has 5 nitrogen and oxygen atoms in total. The molecule has 2 aromatic rings. The Morgan fingerprint density at radius 1 is 1.17 bits per heavy atom. The number of nitrogens with zero attached hydrogens (tertiary/aromatic N) is 1. The van der Waals surface area contributed by atoms with Gasteiger partial charge in [0.15, 0.2) is 0 Å². The van der Waals surface area contributed by atoms with E-state index < -0.39 is 36.1 Å². The molecule has 1 aliphatic heterocycles. The van der Waals surface area contributed by atoms with Gasteiger partial charge in [-0.15, -0.1) is 0 Å². The molecule has 1 fully saturated rings. The van der Waals surface area contributed by atoms with E-state index in [1.165, 1.54) is 17.0 Å². The fourth-order valence-electron chi connectivity index (χ4n) is 3.30. The molecule has 3 atom stereocenters. The van der Waals surface area contributed by atoms with Crippen LogP contribution in [0.25, 0.3) is 0 Å². The molecule has 2 aromatic carbocycles. The third-order valence-corrected chi connectivity index (χ3v) is 4.79. The Balaban J connectivity index is 1.61. The molecular weight excluding hydrogens is 387 g/mol. The number of rotatable bonds is 5. The zero-order valence-corrected chi connectivity index (χ0v) is 15.8. The molecule has 1 saturated heterocycles. The fourth-order valence-corrected chi connectivity index (χ4v) is 3.30. The van der Waals surface area contributed by atoms with Gasteiger partial charge in [0.1, 0.15) is 18.5 Å². The average Bonchev–Trinajstić information content (AvgIpc) is 3.11. The maximum atomic E-state index is 12.7. The van der Waals surface area contributed by atoms with Crippen LogP contribution in [0.1, 0.15) is 24.5 Å². The number of aliphatic hydroxyl groups excluding tert-OH is 1. The molecule has 0 saturated carbocycles. The third kappa shape index (κ3) is 5.41. The maximum absolute atomic E-state index is 12.7. The molecule has 0 radical (unpaired) electrons. The highest BCUT2D eigenvalue weighted by atomic mass is 19.4. The van der Waals surface area contributed by atoms with Crippen molar-refractivity contribution in [3.8, 4) is 5.75 Å². The third-order valence-electron chi connectivity index (χ3n) is 4.79. The zero-order chi connectivity index (χ0) is 21.0. The van der Waals surface area contributed by atoms with Crippen LogP contribution in [0.3, 0.4) is 0 Å². The molecule has 3 rings (SSSR count). The molecule has 0 aromatic heterocycles. The van der Waals surface area contributed by atoms with Gasteiger partial charge in [-0.05, 0) is 36.8 Å². The van der Waals surface area contributed by atoms with E-state index in [4.69, 9.17) is 9.47 Å². The van der Waals surface area contributed by atoms with Gasteiger partial charge in [0.2, 0.25) is 0 Å². The van der Waals surface area contributed by atoms with Gasteiger partial charge in [-0.1, -0.05) is 30.3 Å². The summed E-state index contributed by atoms with van der Waals surface area (Å²) in [6.45, 7) is 1.85. The number of halogens is 3. The highest BCUT2D eigenvalue weighted by Crippen LogP contribution is 2.31. The second-order valence-electron chi connectivity index (χ2n) is 7.00. The Hall–Kier alpha value is -2.74. The van der Waals surface area contributed by atoms with Crippen molar-refractivity contribution in [2.24, 2.45) is 0 Å². The summed E-state index contributed by atoms with van der Waals surface area (Å²) < 4.78 is 49.1. The lowest BCUT2D eigenvalue weighted by Gasteiger charge is -2.25. The number of carbonyl (C=O) groups is 1. The van der Waals surface area contributed by atoms with E-state index in [-0.39, 0.29) is 18.9 Å². The Labute approximate surface area is 166 Å². The summed E-state index contributed by atoms with van der Waals surface area (Å²) in [4.78, 5) is 13.9. The molecule has 8 heteroatoms. The predicted octanol–water partition coefficient (Wildman–Crippen LogP) is 4.24. The van der Waals surface area contributed by atoms with Crippen molar-refractivity contribution in [1.82, 2.24) is 4.90 Å². The second kappa shape index (κ2) is 8.73. The number of carbonyl (C=O) groups excluding carboxylic acids is 1. The summed E-state index contributed by atoms with van der Waals surface area (Å²) in [6.07, 6.45) is -5.91. The van der Waals surface area contributed by atoms with Gasteiger partial charge in [0.25, 0.3) is 0 Å². The van der Waals surface area contributed by atoms with Gasteiger partial charge in [0, 0.05) is 6.42 Å². The van der Waals surface area contributed by atoms with Crippen molar-refractivity contribution in [2.45, 2.75) is 44.4 Å². The summed E-state index contributed by atoms with van der Waals surface area (Å²) >= 11 is 0. The van der Waals surface area contributed by atoms with E-state index in [0.29, 0.717) is 6.42 Å². The maximum Gasteiger partial charge on any atom is 0.416 e. The van der Waals surface area contributed by atoms with Crippen LogP contribution in [-0.4, -0.2) is 40.9 Å². The minimum atomic E-state index is -4.41. The van der Waals surface area contributed by atoms with Gasteiger partial charge in [0.05, 0.1) is 24.3 Å². The van der Waals surface area contributed by atoms with Crippen molar-refractivity contribution >= 4 is 6.09 Å². The number of amides is 1. The second-order valence-corrected chi connectivity index (χ2v) is 7.00. The van der Waals surface area contributed by atoms with E-state index in [0.717, 1.165) is 17.7 Å². The number of likely N-dealkylation sites (tertiary alicyclic amines) is 1. The van der Waals surface area contributed by atoms with Crippen LogP contribution < -0.4 is 4.74 Å². The van der Waals surface area contributed by atoms with Crippen LogP contribution in [0.5, 0.6) is 5.75 Å². The van der Waals surface area contributed by atoms with Gasteiger partial charge in [-0.3, -0.25) is 4.90 Å². The van der Waals surface area contributed by atoms with Gasteiger partial charge in [-0.25, -0.2) is 4.79 Å². The fraction of sp³-hybridized carbons (Fsp3) is 0.381. The van der Waals surface area contributed by atoms with Crippen molar-refractivity contribution in [1.29, 1.82) is 0 Å². The normalized spacial score (nSPS) is 20.4. The lowest BCUT2D eigenvalue weighted by Crippen LogP contribution is -2.42. The summed E-state index contributed by atoms with van der Waals surface area (Å²) in [7, 11) is 0. The van der Waals surface area contributed by atoms with E-state index in [9.17, 15) is 23.1 Å². The van der Waals surface area contributed by atoms with E-state index in [2.05, 4.69) is 0 Å². The average molecular weight is 409 g/mol. The molecule has 156 valence electrons. The first kappa shape index (κ1) is 21.0. The SMILES string of the molecule is CC(O)[C@H]1C[C@H](Oc2ccc(C(F)(F)F)cc2)CN1C(=O)OCc1ccccc1. The van der Waals surface area contributed by atoms with Crippen molar-refractivity contribution in [3.05, 3.63) is 65.7 Å². The van der Waals surface area contributed by atoms with Crippen molar-refractivity contribution in [2.75, 3.05) is 6.54 Å². The van der Waals surface area contributed by atoms with Crippen molar-refractivity contribution < 1.29 is 32.5 Å². The number of aliphatic hydroxyl groups is 1. The van der Waals surface area contributed by atoms with E-state index in [1.54, 1.807) is 6.92 Å². The Morgan fingerprint density at radius 2 is 1.83 bits per heavy atom. The van der Waals surface area contributed by atoms with E-state index in [1.807, 2.05) is 30.3 Å². The van der Waals surface area contributed by atoms with Crippen LogP contribution >= 0.6 is 0 Å². The van der Waals surface area contributed by atoms with Crippen LogP contribution in [0.4, 0.5) is 18.0 Å². The highest BCUT2D eigenvalue weighted by Gasteiger charge is 2.40. The molecule has 1 N–H and O–H groups in total. The molecule has 0 bridgehead atoms. The Morgan fingerprint density at radius 3 is 2.41 bits per heavy atom. The standard InChI is InChI=1S/C21H22F3NO4/c1-14(26)19-11-18(29-17-9-7-16(8-10-17)21(22,23)24)12-25(19)20(27)28-13-15-5-3-2-4-6-15/h2-10,14,18-19,26H,11-13H2,1H3/t14?,18-,19+/m0/s1. The van der Waals surface area contributed by atoms with Gasteiger partial charge < -0.3 is 14.6 Å². The molecule has 0 spiro atoms. The van der Waals surface area contributed by atoms with Crippen LogP contribution in [0, 0.1) is 0 Å². The lowest BCUT2D eigenvalue weighted by molar-refractivity contribution is -0.137. The first-order valence-electron chi connectivity index (χ1n) is 9.23. The predicted molar refractivity (Wildman–Crippen MR) is 99.3 cm³/mol. The minimum Gasteiger partial charge on any atom is -0.489 e. The summed E-state index contributed by atoms with van der Waals surface area (Å²) in [6, 6.07) is 13.1. The summed E-state index contributed by atoms with van der Waals surface area (Å²) in [5.41, 5.74) is 0.0791.